The third-order valence-electron chi connectivity index (χ3n) is 4.40. The third kappa shape index (κ3) is 6.57. The fourth-order valence-corrected chi connectivity index (χ4v) is 3.83. The van der Waals surface area contributed by atoms with Gasteiger partial charge in [-0.3, -0.25) is 19.7 Å². The summed E-state index contributed by atoms with van der Waals surface area (Å²) in [5.74, 6) is -1.96. The number of sulfonamides is 1. The number of aryl methyl sites for hydroxylation is 2. The van der Waals surface area contributed by atoms with E-state index in [4.69, 9.17) is 4.74 Å². The molecule has 0 aliphatic rings. The quantitative estimate of drug-likeness (QED) is 0.284. The molecule has 0 spiro atoms. The van der Waals surface area contributed by atoms with Crippen molar-refractivity contribution < 1.29 is 32.8 Å². The molecule has 0 saturated heterocycles. The molecule has 0 saturated carbocycles. The lowest BCUT2D eigenvalue weighted by atomic mass is 10.2. The van der Waals surface area contributed by atoms with E-state index in [2.05, 4.69) is 10.0 Å². The summed E-state index contributed by atoms with van der Waals surface area (Å²) in [5, 5.41) is 23.1. The topological polar surface area (TPSA) is 165 Å². The molecule has 0 radical (unpaired) electrons. The minimum atomic E-state index is -4.15. The molecule has 0 aliphatic carbocycles. The van der Waals surface area contributed by atoms with Gasteiger partial charge in [-0.05, 0) is 38.5 Å². The molecule has 0 bridgehead atoms. The number of esters is 1. The number of benzene rings is 2. The minimum Gasteiger partial charge on any atom is -0.454 e. The van der Waals surface area contributed by atoms with E-state index in [-0.39, 0.29) is 16.3 Å². The van der Waals surface area contributed by atoms with Crippen LogP contribution in [0.1, 0.15) is 18.1 Å². The number of nitrogens with one attached hydrogen (secondary N) is 2. The second-order valence-electron chi connectivity index (χ2n) is 7.06. The zero-order valence-corrected chi connectivity index (χ0v) is 18.4. The van der Waals surface area contributed by atoms with Crippen LogP contribution in [0.5, 0.6) is 0 Å². The predicted molar refractivity (Wildman–Crippen MR) is 114 cm³/mol. The maximum Gasteiger partial charge on any atom is 0.327 e. The average molecular weight is 465 g/mol. The number of hydrogen-bond donors (Lipinski definition) is 3. The predicted octanol–water partition coefficient (Wildman–Crippen LogP) is 1.42. The number of aliphatic hydroxyl groups excluding tert-OH is 1. The SMILES string of the molecule is Cc1ccc(S(=O)(=O)N[C@@H](C(=O)OCC(=O)Nc2cc([N+](=O)[O-])ccc2C)[C@H](C)O)cc1. The molecule has 0 aromatic heterocycles. The van der Waals surface area contributed by atoms with E-state index in [9.17, 15) is 33.2 Å². The van der Waals surface area contributed by atoms with E-state index in [1.54, 1.807) is 26.0 Å². The summed E-state index contributed by atoms with van der Waals surface area (Å²) in [7, 11) is -4.15. The summed E-state index contributed by atoms with van der Waals surface area (Å²) in [4.78, 5) is 34.6. The van der Waals surface area contributed by atoms with Crippen LogP contribution in [0.4, 0.5) is 11.4 Å². The Kier molecular flexibility index (Phi) is 8.02. The van der Waals surface area contributed by atoms with Crippen molar-refractivity contribution in [3.05, 3.63) is 63.7 Å². The van der Waals surface area contributed by atoms with Crippen molar-refractivity contribution >= 4 is 33.3 Å². The molecule has 2 aromatic rings. The lowest BCUT2D eigenvalue weighted by Crippen LogP contribution is -2.48. The van der Waals surface area contributed by atoms with Crippen LogP contribution in [0.25, 0.3) is 0 Å². The van der Waals surface area contributed by atoms with Crippen LogP contribution in [0.3, 0.4) is 0 Å². The highest BCUT2D eigenvalue weighted by Crippen LogP contribution is 2.21. The number of nitro benzene ring substituents is 1. The number of carbonyl (C=O) groups excluding carboxylic acids is 2. The molecule has 2 aromatic carbocycles. The van der Waals surface area contributed by atoms with Crippen molar-refractivity contribution in [1.29, 1.82) is 0 Å². The van der Waals surface area contributed by atoms with Gasteiger partial charge < -0.3 is 15.2 Å². The molecule has 3 N–H and O–H groups in total. The van der Waals surface area contributed by atoms with Crippen molar-refractivity contribution in [2.24, 2.45) is 0 Å². The van der Waals surface area contributed by atoms with Gasteiger partial charge in [-0.15, -0.1) is 0 Å². The van der Waals surface area contributed by atoms with Crippen LogP contribution in [-0.4, -0.2) is 49.1 Å². The first-order chi connectivity index (χ1) is 14.9. The molecule has 0 heterocycles. The van der Waals surface area contributed by atoms with Crippen LogP contribution in [0.15, 0.2) is 47.4 Å². The Balaban J connectivity index is 2.04. The third-order valence-corrected chi connectivity index (χ3v) is 5.86. The molecule has 11 nitrogen and oxygen atoms in total. The number of rotatable bonds is 9. The fraction of sp³-hybridized carbons (Fsp3) is 0.300. The molecule has 0 unspecified atom stereocenters. The molecular weight excluding hydrogens is 442 g/mol. The number of anilines is 1. The van der Waals surface area contributed by atoms with Gasteiger partial charge in [0.15, 0.2) is 6.61 Å². The molecule has 1 amide bonds. The molecule has 172 valence electrons. The average Bonchev–Trinajstić information content (AvgIpc) is 2.72. The van der Waals surface area contributed by atoms with Gasteiger partial charge in [0.25, 0.3) is 11.6 Å². The van der Waals surface area contributed by atoms with Crippen LogP contribution in [-0.2, 0) is 24.3 Å². The van der Waals surface area contributed by atoms with Crippen molar-refractivity contribution in [2.45, 2.75) is 37.8 Å². The second-order valence-corrected chi connectivity index (χ2v) is 8.78. The molecule has 32 heavy (non-hydrogen) atoms. The largest absolute Gasteiger partial charge is 0.454 e. The lowest BCUT2D eigenvalue weighted by Gasteiger charge is -2.20. The molecule has 2 atom stereocenters. The summed E-state index contributed by atoms with van der Waals surface area (Å²) < 4.78 is 31.9. The Morgan fingerprint density at radius 3 is 2.34 bits per heavy atom. The van der Waals surface area contributed by atoms with Gasteiger partial charge in [0, 0.05) is 12.1 Å². The number of hydrogen-bond acceptors (Lipinski definition) is 8. The molecule has 0 fully saturated rings. The van der Waals surface area contributed by atoms with E-state index in [0.29, 0.717) is 5.56 Å². The number of carbonyl (C=O) groups is 2. The first-order valence-electron chi connectivity index (χ1n) is 9.39. The fourth-order valence-electron chi connectivity index (χ4n) is 2.57. The molecule has 2 rings (SSSR count). The summed E-state index contributed by atoms with van der Waals surface area (Å²) >= 11 is 0. The van der Waals surface area contributed by atoms with E-state index >= 15 is 0 Å². The number of ether oxygens (including phenoxy) is 1. The second kappa shape index (κ2) is 10.3. The normalized spacial score (nSPS) is 13.1. The van der Waals surface area contributed by atoms with Gasteiger partial charge >= 0.3 is 5.97 Å². The number of nitrogens with zero attached hydrogens (tertiary/aromatic N) is 1. The van der Waals surface area contributed by atoms with Crippen LogP contribution in [0, 0.1) is 24.0 Å². The highest BCUT2D eigenvalue weighted by molar-refractivity contribution is 7.89. The van der Waals surface area contributed by atoms with Gasteiger partial charge in [0.05, 0.1) is 21.6 Å². The smallest absolute Gasteiger partial charge is 0.327 e. The summed E-state index contributed by atoms with van der Waals surface area (Å²) in [6.45, 7) is 3.79. The first kappa shape index (κ1) is 24.9. The highest BCUT2D eigenvalue weighted by Gasteiger charge is 2.31. The summed E-state index contributed by atoms with van der Waals surface area (Å²) in [5.41, 5.74) is 1.30. The minimum absolute atomic E-state index is 0.111. The zero-order valence-electron chi connectivity index (χ0n) is 17.6. The maximum absolute atomic E-state index is 12.5. The van der Waals surface area contributed by atoms with Crippen LogP contribution < -0.4 is 10.0 Å². The van der Waals surface area contributed by atoms with E-state index in [1.807, 2.05) is 0 Å². The van der Waals surface area contributed by atoms with E-state index < -0.39 is 45.6 Å². The number of non-ortho nitro benzene ring substituents is 1. The van der Waals surface area contributed by atoms with Crippen LogP contribution >= 0.6 is 0 Å². The Bertz CT molecular complexity index is 1110. The Morgan fingerprint density at radius 1 is 1.16 bits per heavy atom. The number of aliphatic hydroxyl groups is 1. The Morgan fingerprint density at radius 2 is 1.78 bits per heavy atom. The van der Waals surface area contributed by atoms with E-state index in [1.165, 1.54) is 31.2 Å². The van der Waals surface area contributed by atoms with Gasteiger partial charge in [0.1, 0.15) is 6.04 Å². The van der Waals surface area contributed by atoms with Crippen molar-refractivity contribution in [1.82, 2.24) is 4.72 Å². The highest BCUT2D eigenvalue weighted by atomic mass is 32.2. The van der Waals surface area contributed by atoms with Gasteiger partial charge in [-0.2, -0.15) is 4.72 Å². The van der Waals surface area contributed by atoms with E-state index in [0.717, 1.165) is 11.6 Å². The van der Waals surface area contributed by atoms with Crippen molar-refractivity contribution in [3.8, 4) is 0 Å². The standard InChI is InChI=1S/C20H23N3O8S/c1-12-4-8-16(9-5-12)32(29,30)22-19(14(3)24)20(26)31-11-18(25)21-17-10-15(23(27)28)7-6-13(17)2/h4-10,14,19,22,24H,11H2,1-3H3,(H,21,25)/t14-,19+/m0/s1. The summed E-state index contributed by atoms with van der Waals surface area (Å²) in [6.07, 6.45) is -1.45. The zero-order chi connectivity index (χ0) is 24.1. The number of amides is 1. The Hall–Kier alpha value is -3.35. The molecule has 0 aliphatic heterocycles. The van der Waals surface area contributed by atoms with Gasteiger partial charge in [-0.25, -0.2) is 8.42 Å². The van der Waals surface area contributed by atoms with Gasteiger partial charge in [0.2, 0.25) is 10.0 Å². The van der Waals surface area contributed by atoms with Crippen molar-refractivity contribution in [3.63, 3.8) is 0 Å². The lowest BCUT2D eigenvalue weighted by molar-refractivity contribution is -0.384. The molecule has 12 heteroatoms. The molecular formula is C20H23N3O8S. The van der Waals surface area contributed by atoms with Crippen molar-refractivity contribution in [2.75, 3.05) is 11.9 Å². The van der Waals surface area contributed by atoms with Crippen LogP contribution in [0.2, 0.25) is 0 Å². The monoisotopic (exact) mass is 465 g/mol. The first-order valence-corrected chi connectivity index (χ1v) is 10.9. The van der Waals surface area contributed by atoms with Gasteiger partial charge in [-0.1, -0.05) is 23.8 Å². The summed E-state index contributed by atoms with van der Waals surface area (Å²) in [6, 6.07) is 8.06. The maximum atomic E-state index is 12.5. The number of nitro groups is 1. The Labute approximate surface area is 184 Å².